The summed E-state index contributed by atoms with van der Waals surface area (Å²) in [4.78, 5) is 16.2. The van der Waals surface area contributed by atoms with E-state index in [1.165, 1.54) is 12.1 Å². The number of nitrogens with one attached hydrogen (secondary N) is 2. The van der Waals surface area contributed by atoms with Crippen molar-refractivity contribution < 1.29 is 13.2 Å². The van der Waals surface area contributed by atoms with E-state index < -0.39 is 10.0 Å². The zero-order chi connectivity index (χ0) is 17.9. The Balaban J connectivity index is 1.49. The van der Waals surface area contributed by atoms with Crippen LogP contribution in [0.5, 0.6) is 0 Å². The fraction of sp³-hybridized carbons (Fsp3) is 0.294. The lowest BCUT2D eigenvalue weighted by Crippen LogP contribution is -2.25. The van der Waals surface area contributed by atoms with Gasteiger partial charge in [0.2, 0.25) is 10.0 Å². The van der Waals surface area contributed by atoms with Crippen molar-refractivity contribution in [1.82, 2.24) is 10.3 Å². The predicted molar refractivity (Wildman–Crippen MR) is 94.7 cm³/mol. The van der Waals surface area contributed by atoms with Gasteiger partial charge in [-0.15, -0.1) is 0 Å². The molecule has 0 aliphatic heterocycles. The number of nitrogens with two attached hydrogens (primary N) is 1. The molecule has 1 saturated carbocycles. The van der Waals surface area contributed by atoms with E-state index in [0.717, 1.165) is 18.4 Å². The molecule has 25 heavy (non-hydrogen) atoms. The summed E-state index contributed by atoms with van der Waals surface area (Å²) in [6, 6.07) is 10.3. The van der Waals surface area contributed by atoms with Crippen LogP contribution in [-0.4, -0.2) is 31.9 Å². The van der Waals surface area contributed by atoms with Crippen LogP contribution in [0.15, 0.2) is 47.5 Å². The molecule has 0 atom stereocenters. The lowest BCUT2D eigenvalue weighted by atomic mass is 10.1. The summed E-state index contributed by atoms with van der Waals surface area (Å²) >= 11 is 0. The first kappa shape index (κ1) is 17.4. The van der Waals surface area contributed by atoms with Gasteiger partial charge in [-0.1, -0.05) is 12.1 Å². The molecule has 0 bridgehead atoms. The van der Waals surface area contributed by atoms with E-state index in [2.05, 4.69) is 15.6 Å². The molecule has 0 spiro atoms. The second-order valence-electron chi connectivity index (χ2n) is 6.05. The topological polar surface area (TPSA) is 114 Å². The number of carbonyl (C=O) groups is 1. The highest BCUT2D eigenvalue weighted by Crippen LogP contribution is 2.19. The van der Waals surface area contributed by atoms with Crippen molar-refractivity contribution in [1.29, 1.82) is 0 Å². The highest BCUT2D eigenvalue weighted by atomic mass is 32.2. The van der Waals surface area contributed by atoms with E-state index in [-0.39, 0.29) is 10.8 Å². The Morgan fingerprint density at radius 1 is 1.16 bits per heavy atom. The van der Waals surface area contributed by atoms with Gasteiger partial charge in [0, 0.05) is 18.8 Å². The number of amides is 1. The molecule has 1 aliphatic carbocycles. The van der Waals surface area contributed by atoms with E-state index in [0.29, 0.717) is 30.4 Å². The minimum absolute atomic E-state index is 0.0866. The molecule has 132 valence electrons. The molecule has 0 unspecified atom stereocenters. The van der Waals surface area contributed by atoms with Crippen LogP contribution in [0, 0.1) is 0 Å². The van der Waals surface area contributed by atoms with Crippen LogP contribution in [0.1, 0.15) is 28.8 Å². The molecule has 7 nitrogen and oxygen atoms in total. The van der Waals surface area contributed by atoms with Crippen LogP contribution < -0.4 is 15.8 Å². The number of pyridine rings is 1. The minimum atomic E-state index is -3.66. The van der Waals surface area contributed by atoms with Crippen molar-refractivity contribution in [3.8, 4) is 0 Å². The molecular weight excluding hydrogens is 340 g/mol. The van der Waals surface area contributed by atoms with Crippen molar-refractivity contribution in [3.63, 3.8) is 0 Å². The number of hydrogen-bond acceptors (Lipinski definition) is 5. The lowest BCUT2D eigenvalue weighted by molar-refractivity contribution is 0.0950. The molecule has 0 radical (unpaired) electrons. The molecule has 8 heteroatoms. The molecule has 3 rings (SSSR count). The quantitative estimate of drug-likeness (QED) is 0.688. The molecular formula is C17H20N4O3S. The summed E-state index contributed by atoms with van der Waals surface area (Å²) in [7, 11) is -3.66. The maximum atomic E-state index is 11.9. The van der Waals surface area contributed by atoms with E-state index in [4.69, 9.17) is 5.14 Å². The van der Waals surface area contributed by atoms with Gasteiger partial charge in [0.1, 0.15) is 5.82 Å². The third kappa shape index (κ3) is 5.01. The lowest BCUT2D eigenvalue weighted by Gasteiger charge is -2.07. The largest absolute Gasteiger partial charge is 0.370 e. The molecule has 1 aromatic heterocycles. The maximum absolute atomic E-state index is 11.9. The van der Waals surface area contributed by atoms with Crippen LogP contribution in [0.2, 0.25) is 0 Å². The van der Waals surface area contributed by atoms with Crippen LogP contribution >= 0.6 is 0 Å². The highest BCUT2D eigenvalue weighted by molar-refractivity contribution is 7.89. The zero-order valence-corrected chi connectivity index (χ0v) is 14.4. The Bertz CT molecular complexity index is 844. The van der Waals surface area contributed by atoms with Gasteiger partial charge in [0.05, 0.1) is 10.5 Å². The molecule has 4 N–H and O–H groups in total. The van der Waals surface area contributed by atoms with Gasteiger partial charge >= 0.3 is 0 Å². The summed E-state index contributed by atoms with van der Waals surface area (Å²) in [6.45, 7) is 0.634. The van der Waals surface area contributed by atoms with Crippen molar-refractivity contribution in [2.24, 2.45) is 5.14 Å². The summed E-state index contributed by atoms with van der Waals surface area (Å²) in [5, 5.41) is 11.2. The summed E-state index contributed by atoms with van der Waals surface area (Å²) in [6.07, 6.45) is 4.37. The SMILES string of the molecule is NS(=O)(=O)c1ccc(CCNc2ccc(C(=O)NC3CC3)cn2)cc1. The number of hydrogen-bond donors (Lipinski definition) is 3. The first-order valence-corrected chi connectivity index (χ1v) is 9.59. The molecule has 2 aromatic rings. The average molecular weight is 360 g/mol. The van der Waals surface area contributed by atoms with Crippen molar-refractivity contribution in [2.45, 2.75) is 30.2 Å². The number of rotatable bonds is 7. The monoisotopic (exact) mass is 360 g/mol. The van der Waals surface area contributed by atoms with Gasteiger partial charge in [-0.2, -0.15) is 0 Å². The number of sulfonamides is 1. The number of carbonyl (C=O) groups excluding carboxylic acids is 1. The third-order valence-corrected chi connectivity index (χ3v) is 4.84. The van der Waals surface area contributed by atoms with Gasteiger partial charge in [-0.25, -0.2) is 18.5 Å². The van der Waals surface area contributed by atoms with Gasteiger partial charge in [0.15, 0.2) is 0 Å². The normalized spacial score (nSPS) is 14.1. The molecule has 1 fully saturated rings. The number of aromatic nitrogens is 1. The standard InChI is InChI=1S/C17H20N4O3S/c18-25(23,24)15-6-1-12(2-7-15)9-10-19-16-8-3-13(11-20-16)17(22)21-14-4-5-14/h1-3,6-8,11,14H,4-5,9-10H2,(H,19,20)(H,21,22)(H2,18,23,24). The van der Waals surface area contributed by atoms with Crippen molar-refractivity contribution >= 4 is 21.7 Å². The summed E-state index contributed by atoms with van der Waals surface area (Å²) < 4.78 is 22.4. The minimum Gasteiger partial charge on any atom is -0.370 e. The molecule has 1 heterocycles. The fourth-order valence-corrected chi connectivity index (χ4v) is 2.83. The smallest absolute Gasteiger partial charge is 0.253 e. The second kappa shape index (κ2) is 7.20. The van der Waals surface area contributed by atoms with Crippen LogP contribution in [0.3, 0.4) is 0 Å². The molecule has 1 aromatic carbocycles. The van der Waals surface area contributed by atoms with E-state index in [1.807, 2.05) is 0 Å². The van der Waals surface area contributed by atoms with Gasteiger partial charge in [-0.3, -0.25) is 4.79 Å². The van der Waals surface area contributed by atoms with E-state index in [9.17, 15) is 13.2 Å². The van der Waals surface area contributed by atoms with Crippen molar-refractivity contribution in [3.05, 3.63) is 53.7 Å². The number of nitrogens with zero attached hydrogens (tertiary/aromatic N) is 1. The van der Waals surface area contributed by atoms with E-state index >= 15 is 0 Å². The summed E-state index contributed by atoms with van der Waals surface area (Å²) in [5.74, 6) is 0.598. The maximum Gasteiger partial charge on any atom is 0.253 e. The first-order chi connectivity index (χ1) is 11.9. The van der Waals surface area contributed by atoms with Gasteiger partial charge in [0.25, 0.3) is 5.91 Å². The van der Waals surface area contributed by atoms with E-state index in [1.54, 1.807) is 30.5 Å². The summed E-state index contributed by atoms with van der Waals surface area (Å²) in [5.41, 5.74) is 1.54. The Kier molecular flexibility index (Phi) is 5.00. The fourth-order valence-electron chi connectivity index (χ4n) is 2.31. The Morgan fingerprint density at radius 2 is 1.88 bits per heavy atom. The highest BCUT2D eigenvalue weighted by Gasteiger charge is 2.23. The number of benzene rings is 1. The van der Waals surface area contributed by atoms with Crippen LogP contribution in [0.4, 0.5) is 5.82 Å². The Labute approximate surface area is 146 Å². The molecule has 1 amide bonds. The number of primary sulfonamides is 1. The number of anilines is 1. The predicted octanol–water partition coefficient (Wildman–Crippen LogP) is 1.28. The van der Waals surface area contributed by atoms with Gasteiger partial charge in [-0.05, 0) is 49.1 Å². The van der Waals surface area contributed by atoms with Crippen LogP contribution in [-0.2, 0) is 16.4 Å². The third-order valence-electron chi connectivity index (χ3n) is 3.91. The van der Waals surface area contributed by atoms with Crippen LogP contribution in [0.25, 0.3) is 0 Å². The van der Waals surface area contributed by atoms with Crippen molar-refractivity contribution in [2.75, 3.05) is 11.9 Å². The molecule has 1 aliphatic rings. The second-order valence-corrected chi connectivity index (χ2v) is 7.61. The zero-order valence-electron chi connectivity index (χ0n) is 13.6. The first-order valence-electron chi connectivity index (χ1n) is 8.04. The van der Waals surface area contributed by atoms with Gasteiger partial charge < -0.3 is 10.6 Å². The Hall–Kier alpha value is -2.45. The average Bonchev–Trinajstić information content (AvgIpc) is 3.39. The Morgan fingerprint density at radius 3 is 2.44 bits per heavy atom. The molecule has 0 saturated heterocycles.